The maximum Gasteiger partial charge on any atom is 0.419 e. The first kappa shape index (κ1) is 15.8. The van der Waals surface area contributed by atoms with Gasteiger partial charge in [0.05, 0.1) is 11.6 Å². The van der Waals surface area contributed by atoms with Gasteiger partial charge in [-0.05, 0) is 31.0 Å². The molecule has 21 heavy (non-hydrogen) atoms. The number of halogens is 4. The summed E-state index contributed by atoms with van der Waals surface area (Å²) < 4.78 is 51.4. The van der Waals surface area contributed by atoms with Crippen molar-refractivity contribution in [3.63, 3.8) is 0 Å². The molecule has 0 radical (unpaired) electrons. The summed E-state index contributed by atoms with van der Waals surface area (Å²) in [5.74, 6) is 4.22. The van der Waals surface area contributed by atoms with Gasteiger partial charge in [-0.3, -0.25) is 4.99 Å². The van der Waals surface area contributed by atoms with Crippen LogP contribution in [0.1, 0.15) is 43.2 Å². The molecule has 0 heterocycles. The average Bonchev–Trinajstić information content (AvgIpc) is 2.45. The minimum absolute atomic E-state index is 0.0455. The number of rotatable bonds is 2. The molecule has 0 aliphatic heterocycles. The SMILES string of the molecule is NNC(=NC1CCCCC1)c1ccc(F)c(C(F)(F)F)c1. The fourth-order valence-corrected chi connectivity index (χ4v) is 2.48. The van der Waals surface area contributed by atoms with E-state index in [4.69, 9.17) is 5.84 Å². The summed E-state index contributed by atoms with van der Waals surface area (Å²) in [7, 11) is 0. The van der Waals surface area contributed by atoms with E-state index in [0.29, 0.717) is 0 Å². The Hall–Kier alpha value is -1.63. The predicted octanol–water partition coefficient (Wildman–Crippen LogP) is 3.39. The van der Waals surface area contributed by atoms with E-state index in [2.05, 4.69) is 10.4 Å². The Kier molecular flexibility index (Phi) is 4.82. The van der Waals surface area contributed by atoms with Crippen LogP contribution in [0.2, 0.25) is 0 Å². The van der Waals surface area contributed by atoms with Crippen molar-refractivity contribution < 1.29 is 17.6 Å². The third-order valence-corrected chi connectivity index (χ3v) is 3.57. The maximum atomic E-state index is 13.3. The lowest BCUT2D eigenvalue weighted by atomic mass is 9.96. The molecule has 3 N–H and O–H groups in total. The Morgan fingerprint density at radius 1 is 1.19 bits per heavy atom. The second kappa shape index (κ2) is 6.43. The second-order valence-electron chi connectivity index (χ2n) is 5.11. The van der Waals surface area contributed by atoms with Crippen molar-refractivity contribution in [2.24, 2.45) is 10.8 Å². The Bertz CT molecular complexity index is 519. The first-order valence-corrected chi connectivity index (χ1v) is 6.83. The first-order valence-electron chi connectivity index (χ1n) is 6.83. The molecule has 1 aliphatic carbocycles. The Balaban J connectivity index is 2.31. The van der Waals surface area contributed by atoms with Crippen molar-refractivity contribution in [2.75, 3.05) is 0 Å². The molecule has 0 amide bonds. The van der Waals surface area contributed by atoms with Gasteiger partial charge in [-0.25, -0.2) is 10.2 Å². The summed E-state index contributed by atoms with van der Waals surface area (Å²) in [5.41, 5.74) is 1.15. The lowest BCUT2D eigenvalue weighted by Gasteiger charge is -2.19. The van der Waals surface area contributed by atoms with Crippen molar-refractivity contribution in [3.05, 3.63) is 35.1 Å². The van der Waals surface area contributed by atoms with Crippen LogP contribution in [0.4, 0.5) is 17.6 Å². The minimum Gasteiger partial charge on any atom is -0.308 e. The monoisotopic (exact) mass is 303 g/mol. The Labute approximate surface area is 120 Å². The molecule has 0 aromatic heterocycles. The van der Waals surface area contributed by atoms with Gasteiger partial charge in [-0.2, -0.15) is 13.2 Å². The fraction of sp³-hybridized carbons (Fsp3) is 0.500. The number of alkyl halides is 3. The van der Waals surface area contributed by atoms with E-state index in [9.17, 15) is 17.6 Å². The van der Waals surface area contributed by atoms with Crippen LogP contribution in [0.3, 0.4) is 0 Å². The lowest BCUT2D eigenvalue weighted by molar-refractivity contribution is -0.140. The number of hydrazine groups is 1. The summed E-state index contributed by atoms with van der Waals surface area (Å²) in [6.07, 6.45) is 0.264. The third-order valence-electron chi connectivity index (χ3n) is 3.57. The molecule has 0 saturated heterocycles. The van der Waals surface area contributed by atoms with Gasteiger partial charge < -0.3 is 5.43 Å². The zero-order chi connectivity index (χ0) is 15.5. The highest BCUT2D eigenvalue weighted by atomic mass is 19.4. The highest BCUT2D eigenvalue weighted by Gasteiger charge is 2.34. The molecule has 0 spiro atoms. The van der Waals surface area contributed by atoms with E-state index in [-0.39, 0.29) is 17.4 Å². The molecule has 7 heteroatoms. The quantitative estimate of drug-likeness (QED) is 0.289. The Morgan fingerprint density at radius 3 is 2.43 bits per heavy atom. The molecule has 1 aliphatic rings. The van der Waals surface area contributed by atoms with E-state index in [0.717, 1.165) is 44.2 Å². The lowest BCUT2D eigenvalue weighted by Crippen LogP contribution is -2.33. The van der Waals surface area contributed by atoms with Crippen molar-refractivity contribution in [1.82, 2.24) is 5.43 Å². The second-order valence-corrected chi connectivity index (χ2v) is 5.11. The van der Waals surface area contributed by atoms with Gasteiger partial charge in [0, 0.05) is 5.56 Å². The summed E-state index contributed by atoms with van der Waals surface area (Å²) in [6.45, 7) is 0. The molecular weight excluding hydrogens is 286 g/mol. The molecular formula is C14H17F4N3. The molecule has 0 unspecified atom stereocenters. The number of aliphatic imine (C=N–C) groups is 1. The third kappa shape index (κ3) is 3.93. The predicted molar refractivity (Wildman–Crippen MR) is 72.1 cm³/mol. The van der Waals surface area contributed by atoms with Gasteiger partial charge in [0.2, 0.25) is 0 Å². The summed E-state index contributed by atoms with van der Waals surface area (Å²) in [4.78, 5) is 4.37. The van der Waals surface area contributed by atoms with Gasteiger partial charge in [-0.1, -0.05) is 19.3 Å². The number of nitrogens with two attached hydrogens (primary N) is 1. The molecule has 3 nitrogen and oxygen atoms in total. The molecule has 0 bridgehead atoms. The average molecular weight is 303 g/mol. The summed E-state index contributed by atoms with van der Waals surface area (Å²) in [5, 5.41) is 0. The standard InChI is InChI=1S/C14H17F4N3/c15-12-7-6-9(8-11(12)14(16,17)18)13(21-19)20-10-4-2-1-3-5-10/h6-8,10H,1-5,19H2,(H,20,21). The van der Waals surface area contributed by atoms with Crippen molar-refractivity contribution in [1.29, 1.82) is 0 Å². The molecule has 1 aromatic carbocycles. The number of nitrogens with zero attached hydrogens (tertiary/aromatic N) is 1. The van der Waals surface area contributed by atoms with Gasteiger partial charge in [0.1, 0.15) is 11.7 Å². The highest BCUT2D eigenvalue weighted by Crippen LogP contribution is 2.32. The van der Waals surface area contributed by atoms with Crippen LogP contribution < -0.4 is 11.3 Å². The largest absolute Gasteiger partial charge is 0.419 e. The van der Waals surface area contributed by atoms with Crippen LogP contribution in [0, 0.1) is 5.82 Å². The van der Waals surface area contributed by atoms with Crippen LogP contribution >= 0.6 is 0 Å². The minimum atomic E-state index is -4.75. The van der Waals surface area contributed by atoms with Gasteiger partial charge in [0.25, 0.3) is 0 Å². The van der Waals surface area contributed by atoms with Crippen LogP contribution in [0.5, 0.6) is 0 Å². The Morgan fingerprint density at radius 2 is 1.86 bits per heavy atom. The highest BCUT2D eigenvalue weighted by molar-refractivity contribution is 5.98. The number of nitrogens with one attached hydrogen (secondary N) is 1. The van der Waals surface area contributed by atoms with Crippen LogP contribution in [-0.4, -0.2) is 11.9 Å². The number of hydrogen-bond acceptors (Lipinski definition) is 2. The van der Waals surface area contributed by atoms with Crippen molar-refractivity contribution >= 4 is 5.84 Å². The van der Waals surface area contributed by atoms with Crippen molar-refractivity contribution in [3.8, 4) is 0 Å². The van der Waals surface area contributed by atoms with Crippen LogP contribution in [0.25, 0.3) is 0 Å². The first-order chi connectivity index (χ1) is 9.91. The number of hydrogen-bond donors (Lipinski definition) is 2. The fourth-order valence-electron chi connectivity index (χ4n) is 2.48. The molecule has 0 atom stereocenters. The summed E-state index contributed by atoms with van der Waals surface area (Å²) in [6, 6.07) is 2.80. The van der Waals surface area contributed by atoms with E-state index in [1.54, 1.807) is 0 Å². The zero-order valence-electron chi connectivity index (χ0n) is 11.4. The van der Waals surface area contributed by atoms with E-state index >= 15 is 0 Å². The molecule has 2 rings (SSSR count). The number of benzene rings is 1. The molecule has 116 valence electrons. The molecule has 1 saturated carbocycles. The van der Waals surface area contributed by atoms with E-state index < -0.39 is 17.6 Å². The van der Waals surface area contributed by atoms with Gasteiger partial charge in [-0.15, -0.1) is 0 Å². The summed E-state index contributed by atoms with van der Waals surface area (Å²) >= 11 is 0. The molecule has 1 aromatic rings. The van der Waals surface area contributed by atoms with Gasteiger partial charge >= 0.3 is 6.18 Å². The topological polar surface area (TPSA) is 50.4 Å². The van der Waals surface area contributed by atoms with Crippen LogP contribution in [-0.2, 0) is 6.18 Å². The van der Waals surface area contributed by atoms with E-state index in [1.807, 2.05) is 0 Å². The van der Waals surface area contributed by atoms with Crippen LogP contribution in [0.15, 0.2) is 23.2 Å². The van der Waals surface area contributed by atoms with Gasteiger partial charge in [0.15, 0.2) is 0 Å². The zero-order valence-corrected chi connectivity index (χ0v) is 11.4. The maximum absolute atomic E-state index is 13.3. The normalized spacial score (nSPS) is 17.9. The smallest absolute Gasteiger partial charge is 0.308 e. The molecule has 1 fully saturated rings. The van der Waals surface area contributed by atoms with Crippen molar-refractivity contribution in [2.45, 2.75) is 44.3 Å². The number of amidine groups is 1. The van der Waals surface area contributed by atoms with E-state index in [1.165, 1.54) is 6.07 Å².